The molecule has 0 amide bonds. The predicted molar refractivity (Wildman–Crippen MR) is 47.1 cm³/mol. The van der Waals surface area contributed by atoms with Crippen LogP contribution in [0.3, 0.4) is 0 Å². The highest BCUT2D eigenvalue weighted by atomic mass is 32.1. The lowest BCUT2D eigenvalue weighted by Crippen LogP contribution is -2.31. The summed E-state index contributed by atoms with van der Waals surface area (Å²) in [5, 5.41) is 1.03. The maximum Gasteiger partial charge on any atom is 0.171 e. The second-order valence-corrected chi connectivity index (χ2v) is 2.81. The van der Waals surface area contributed by atoms with Crippen molar-refractivity contribution in [2.75, 3.05) is 26.2 Å². The number of likely N-dealkylation sites (N-methyl/N-ethyl adjacent to an activating group) is 2. The molecule has 1 fully saturated rings. The third-order valence-electron chi connectivity index (χ3n) is 1.94. The summed E-state index contributed by atoms with van der Waals surface area (Å²) in [4.78, 5) is 4.47. The number of nitrogens with zero attached hydrogens (tertiary/aromatic N) is 2. The van der Waals surface area contributed by atoms with Crippen molar-refractivity contribution < 1.29 is 0 Å². The first-order valence-corrected chi connectivity index (χ1v) is 4.24. The van der Waals surface area contributed by atoms with Gasteiger partial charge in [-0.15, -0.1) is 0 Å². The fraction of sp³-hybridized carbons (Fsp3) is 0.857. The summed E-state index contributed by atoms with van der Waals surface area (Å²) in [6.07, 6.45) is 0. The number of rotatable bonds is 2. The standard InChI is InChI=1S/C7H14N2S/c1-3-8-5-6-9(4-2)7(8)10/h3-6H2,1-2H3. The zero-order chi connectivity index (χ0) is 7.56. The molecule has 0 saturated carbocycles. The Morgan fingerprint density at radius 3 is 1.80 bits per heavy atom. The monoisotopic (exact) mass is 158 g/mol. The molecule has 0 spiro atoms. The minimum absolute atomic E-state index is 1.03. The van der Waals surface area contributed by atoms with Crippen molar-refractivity contribution in [3.8, 4) is 0 Å². The quantitative estimate of drug-likeness (QED) is 0.552. The van der Waals surface area contributed by atoms with Crippen molar-refractivity contribution in [2.24, 2.45) is 0 Å². The third-order valence-corrected chi connectivity index (χ3v) is 2.46. The van der Waals surface area contributed by atoms with Gasteiger partial charge in [0.05, 0.1) is 0 Å². The molecule has 0 aliphatic carbocycles. The summed E-state index contributed by atoms with van der Waals surface area (Å²) in [7, 11) is 0. The molecule has 1 aliphatic heterocycles. The molecular formula is C7H14N2S. The van der Waals surface area contributed by atoms with Gasteiger partial charge in [-0.1, -0.05) is 0 Å². The Hall–Kier alpha value is -0.310. The van der Waals surface area contributed by atoms with Crippen molar-refractivity contribution in [3.63, 3.8) is 0 Å². The van der Waals surface area contributed by atoms with Gasteiger partial charge in [0.1, 0.15) is 0 Å². The van der Waals surface area contributed by atoms with Gasteiger partial charge in [-0.25, -0.2) is 0 Å². The smallest absolute Gasteiger partial charge is 0.171 e. The van der Waals surface area contributed by atoms with Crippen LogP contribution in [0, 0.1) is 0 Å². The van der Waals surface area contributed by atoms with Crippen molar-refractivity contribution in [3.05, 3.63) is 0 Å². The van der Waals surface area contributed by atoms with Crippen LogP contribution in [0.2, 0.25) is 0 Å². The first-order chi connectivity index (χ1) is 4.79. The molecule has 0 aromatic rings. The first-order valence-electron chi connectivity index (χ1n) is 3.83. The number of thiocarbonyl (C=S) groups is 1. The van der Waals surface area contributed by atoms with E-state index in [2.05, 4.69) is 23.6 Å². The van der Waals surface area contributed by atoms with Crippen LogP contribution in [0.5, 0.6) is 0 Å². The minimum Gasteiger partial charge on any atom is -0.348 e. The van der Waals surface area contributed by atoms with E-state index in [1.54, 1.807) is 0 Å². The van der Waals surface area contributed by atoms with Gasteiger partial charge >= 0.3 is 0 Å². The molecule has 0 bridgehead atoms. The highest BCUT2D eigenvalue weighted by molar-refractivity contribution is 7.80. The zero-order valence-corrected chi connectivity index (χ0v) is 7.45. The third kappa shape index (κ3) is 1.24. The second-order valence-electron chi connectivity index (χ2n) is 2.44. The molecule has 58 valence electrons. The van der Waals surface area contributed by atoms with Crippen molar-refractivity contribution in [2.45, 2.75) is 13.8 Å². The van der Waals surface area contributed by atoms with Gasteiger partial charge < -0.3 is 9.80 Å². The lowest BCUT2D eigenvalue weighted by atomic mass is 10.6. The molecule has 0 unspecified atom stereocenters. The van der Waals surface area contributed by atoms with Gasteiger partial charge in [-0.05, 0) is 26.1 Å². The van der Waals surface area contributed by atoms with Crippen molar-refractivity contribution in [1.29, 1.82) is 0 Å². The highest BCUT2D eigenvalue weighted by Crippen LogP contribution is 2.06. The maximum atomic E-state index is 5.21. The average molecular weight is 158 g/mol. The maximum absolute atomic E-state index is 5.21. The summed E-state index contributed by atoms with van der Waals surface area (Å²) in [6, 6.07) is 0. The van der Waals surface area contributed by atoms with Crippen LogP contribution in [-0.2, 0) is 0 Å². The number of hydrogen-bond acceptors (Lipinski definition) is 1. The summed E-state index contributed by atoms with van der Waals surface area (Å²) in [5.74, 6) is 0. The van der Waals surface area contributed by atoms with Gasteiger partial charge in [0.15, 0.2) is 5.11 Å². The molecule has 0 N–H and O–H groups in total. The summed E-state index contributed by atoms with van der Waals surface area (Å²) in [5.41, 5.74) is 0. The fourth-order valence-corrected chi connectivity index (χ4v) is 1.66. The molecule has 0 aromatic carbocycles. The van der Waals surface area contributed by atoms with Crippen molar-refractivity contribution in [1.82, 2.24) is 9.80 Å². The lowest BCUT2D eigenvalue weighted by molar-refractivity contribution is 0.486. The summed E-state index contributed by atoms with van der Waals surface area (Å²) >= 11 is 5.21. The molecule has 3 heteroatoms. The van der Waals surface area contributed by atoms with Gasteiger partial charge in [-0.2, -0.15) is 0 Å². The Bertz CT molecular complexity index is 122. The molecule has 2 nitrogen and oxygen atoms in total. The predicted octanol–water partition coefficient (Wildman–Crippen LogP) is 0.929. The van der Waals surface area contributed by atoms with Crippen LogP contribution in [0.4, 0.5) is 0 Å². The Morgan fingerprint density at radius 2 is 1.60 bits per heavy atom. The van der Waals surface area contributed by atoms with Crippen LogP contribution >= 0.6 is 12.2 Å². The van der Waals surface area contributed by atoms with Gasteiger partial charge in [-0.3, -0.25) is 0 Å². The number of hydrogen-bond donors (Lipinski definition) is 0. The second kappa shape index (κ2) is 3.19. The molecule has 10 heavy (non-hydrogen) atoms. The summed E-state index contributed by atoms with van der Waals surface area (Å²) < 4.78 is 0. The van der Waals surface area contributed by atoms with E-state index < -0.39 is 0 Å². The van der Waals surface area contributed by atoms with Crippen LogP contribution in [0.25, 0.3) is 0 Å². The minimum atomic E-state index is 1.03. The van der Waals surface area contributed by atoms with E-state index in [0.29, 0.717) is 0 Å². The first kappa shape index (κ1) is 7.79. The molecule has 1 heterocycles. The van der Waals surface area contributed by atoms with E-state index in [0.717, 1.165) is 31.3 Å². The molecular weight excluding hydrogens is 144 g/mol. The van der Waals surface area contributed by atoms with E-state index in [9.17, 15) is 0 Å². The van der Waals surface area contributed by atoms with E-state index in [1.807, 2.05) is 0 Å². The normalized spacial score (nSPS) is 18.8. The molecule has 0 aromatic heterocycles. The van der Waals surface area contributed by atoms with Crippen LogP contribution in [0.15, 0.2) is 0 Å². The lowest BCUT2D eigenvalue weighted by Gasteiger charge is -2.18. The SMILES string of the molecule is CCN1CCN(CC)C1=S. The van der Waals surface area contributed by atoms with Gasteiger partial charge in [0, 0.05) is 26.2 Å². The largest absolute Gasteiger partial charge is 0.348 e. The summed E-state index contributed by atoms with van der Waals surface area (Å²) in [6.45, 7) is 8.62. The van der Waals surface area contributed by atoms with E-state index >= 15 is 0 Å². The zero-order valence-electron chi connectivity index (χ0n) is 6.63. The van der Waals surface area contributed by atoms with Gasteiger partial charge in [0.25, 0.3) is 0 Å². The average Bonchev–Trinajstić information content (AvgIpc) is 2.30. The van der Waals surface area contributed by atoms with E-state index in [1.165, 1.54) is 0 Å². The van der Waals surface area contributed by atoms with Crippen LogP contribution in [0.1, 0.15) is 13.8 Å². The molecule has 1 saturated heterocycles. The Morgan fingerprint density at radius 1 is 1.20 bits per heavy atom. The molecule has 0 atom stereocenters. The van der Waals surface area contributed by atoms with Crippen LogP contribution < -0.4 is 0 Å². The Labute approximate surface area is 67.8 Å². The fourth-order valence-electron chi connectivity index (χ4n) is 1.22. The van der Waals surface area contributed by atoms with E-state index in [-0.39, 0.29) is 0 Å². The molecule has 1 rings (SSSR count). The molecule has 0 radical (unpaired) electrons. The Balaban J connectivity index is 2.49. The van der Waals surface area contributed by atoms with Crippen LogP contribution in [-0.4, -0.2) is 41.1 Å². The highest BCUT2D eigenvalue weighted by Gasteiger charge is 2.20. The molecule has 1 aliphatic rings. The van der Waals surface area contributed by atoms with E-state index in [4.69, 9.17) is 12.2 Å². The van der Waals surface area contributed by atoms with Crippen molar-refractivity contribution >= 4 is 17.3 Å². The Kier molecular flexibility index (Phi) is 2.49. The topological polar surface area (TPSA) is 6.48 Å². The van der Waals surface area contributed by atoms with Gasteiger partial charge in [0.2, 0.25) is 0 Å².